The van der Waals surface area contributed by atoms with Gasteiger partial charge in [0.1, 0.15) is 0 Å². The number of aromatic nitrogens is 1. The van der Waals surface area contributed by atoms with Gasteiger partial charge in [0, 0.05) is 11.1 Å². The van der Waals surface area contributed by atoms with Crippen molar-refractivity contribution in [1.29, 1.82) is 0 Å². The molecule has 42 heavy (non-hydrogen) atoms. The molecule has 0 N–H and O–H groups in total. The summed E-state index contributed by atoms with van der Waals surface area (Å²) in [6, 6.07) is 62.1. The lowest BCUT2D eigenvalue weighted by Crippen LogP contribution is -1.94. The van der Waals surface area contributed by atoms with Gasteiger partial charge in [-0.15, -0.1) is 0 Å². The molecule has 0 unspecified atom stereocenters. The standard InChI is InChI=1S/C41H29N/c1-3-16-30(17-4-1)32-20-7-8-21-33(32)34-22-9-10-23-35(34)36-24-11-12-25-37(36)38-26-13-14-27-39(38)41-29-15-28-40(42-41)31-18-5-2-6-19-31/h1-29H. The van der Waals surface area contributed by atoms with Crippen LogP contribution in [0.4, 0.5) is 0 Å². The Morgan fingerprint density at radius 1 is 0.214 bits per heavy atom. The van der Waals surface area contributed by atoms with Crippen molar-refractivity contribution in [2.24, 2.45) is 0 Å². The van der Waals surface area contributed by atoms with Crippen molar-refractivity contribution < 1.29 is 0 Å². The van der Waals surface area contributed by atoms with Crippen molar-refractivity contribution in [2.75, 3.05) is 0 Å². The summed E-state index contributed by atoms with van der Waals surface area (Å²) in [5.74, 6) is 0. The molecule has 1 heteroatoms. The zero-order valence-electron chi connectivity index (χ0n) is 23.2. The Kier molecular flexibility index (Phi) is 6.98. The van der Waals surface area contributed by atoms with Gasteiger partial charge in [0.05, 0.1) is 11.4 Å². The van der Waals surface area contributed by atoms with Crippen molar-refractivity contribution in [3.63, 3.8) is 0 Å². The van der Waals surface area contributed by atoms with Gasteiger partial charge in [-0.25, -0.2) is 4.98 Å². The predicted molar refractivity (Wildman–Crippen MR) is 177 cm³/mol. The van der Waals surface area contributed by atoms with Gasteiger partial charge in [-0.1, -0.05) is 164 Å². The van der Waals surface area contributed by atoms with Crippen LogP contribution >= 0.6 is 0 Å². The molecule has 0 saturated heterocycles. The number of pyridine rings is 1. The lowest BCUT2D eigenvalue weighted by Gasteiger charge is -2.18. The van der Waals surface area contributed by atoms with Gasteiger partial charge in [0.2, 0.25) is 0 Å². The molecule has 7 rings (SSSR count). The van der Waals surface area contributed by atoms with Crippen LogP contribution in [0.1, 0.15) is 0 Å². The van der Waals surface area contributed by atoms with Gasteiger partial charge < -0.3 is 0 Å². The molecule has 0 aliphatic heterocycles. The molecule has 0 atom stereocenters. The van der Waals surface area contributed by atoms with E-state index in [2.05, 4.69) is 170 Å². The molecule has 0 aliphatic carbocycles. The number of nitrogens with zero attached hydrogens (tertiary/aromatic N) is 1. The summed E-state index contributed by atoms with van der Waals surface area (Å²) in [5, 5.41) is 0. The van der Waals surface area contributed by atoms with Gasteiger partial charge in [-0.05, 0) is 56.6 Å². The maximum Gasteiger partial charge on any atom is 0.0715 e. The fourth-order valence-electron chi connectivity index (χ4n) is 5.79. The van der Waals surface area contributed by atoms with E-state index in [9.17, 15) is 0 Å². The Labute approximate surface area is 247 Å². The second-order valence-corrected chi connectivity index (χ2v) is 10.3. The molecule has 0 saturated carbocycles. The molecular weight excluding hydrogens is 506 g/mol. The van der Waals surface area contributed by atoms with Crippen LogP contribution in [0.2, 0.25) is 0 Å². The Morgan fingerprint density at radius 2 is 0.548 bits per heavy atom. The van der Waals surface area contributed by atoms with Crippen molar-refractivity contribution in [3.05, 3.63) is 176 Å². The molecule has 0 radical (unpaired) electrons. The highest BCUT2D eigenvalue weighted by Crippen LogP contribution is 2.43. The molecule has 6 aromatic carbocycles. The van der Waals surface area contributed by atoms with Gasteiger partial charge in [0.25, 0.3) is 0 Å². The quantitative estimate of drug-likeness (QED) is 0.206. The average Bonchev–Trinajstić information content (AvgIpc) is 3.09. The van der Waals surface area contributed by atoms with Crippen molar-refractivity contribution in [1.82, 2.24) is 4.98 Å². The van der Waals surface area contributed by atoms with Crippen LogP contribution in [0, 0.1) is 0 Å². The van der Waals surface area contributed by atoms with Crippen molar-refractivity contribution >= 4 is 0 Å². The summed E-state index contributed by atoms with van der Waals surface area (Å²) in [7, 11) is 0. The van der Waals surface area contributed by atoms with E-state index in [0.29, 0.717) is 0 Å². The summed E-state index contributed by atoms with van der Waals surface area (Å²) in [6.45, 7) is 0. The molecular formula is C41H29N. The van der Waals surface area contributed by atoms with Crippen molar-refractivity contribution in [3.8, 4) is 67.0 Å². The van der Waals surface area contributed by atoms with Gasteiger partial charge in [-0.3, -0.25) is 0 Å². The summed E-state index contributed by atoms with van der Waals surface area (Å²) in [6.07, 6.45) is 0. The fraction of sp³-hybridized carbons (Fsp3) is 0. The van der Waals surface area contributed by atoms with Crippen molar-refractivity contribution in [2.45, 2.75) is 0 Å². The van der Waals surface area contributed by atoms with Gasteiger partial charge in [0.15, 0.2) is 0 Å². The highest BCUT2D eigenvalue weighted by Gasteiger charge is 2.17. The topological polar surface area (TPSA) is 12.9 Å². The zero-order chi connectivity index (χ0) is 28.1. The maximum atomic E-state index is 5.11. The monoisotopic (exact) mass is 535 g/mol. The van der Waals surface area contributed by atoms with Crippen LogP contribution in [0.5, 0.6) is 0 Å². The Bertz CT molecular complexity index is 1970. The zero-order valence-corrected chi connectivity index (χ0v) is 23.2. The second-order valence-electron chi connectivity index (χ2n) is 10.3. The predicted octanol–water partition coefficient (Wildman–Crippen LogP) is 11.1. The minimum Gasteiger partial charge on any atom is -0.248 e. The molecule has 0 fully saturated rings. The molecule has 1 nitrogen and oxygen atoms in total. The number of rotatable bonds is 6. The third-order valence-electron chi connectivity index (χ3n) is 7.76. The summed E-state index contributed by atoms with van der Waals surface area (Å²) in [5.41, 5.74) is 13.8. The van der Waals surface area contributed by atoms with E-state index in [1.54, 1.807) is 0 Å². The maximum absolute atomic E-state index is 5.11. The summed E-state index contributed by atoms with van der Waals surface area (Å²) in [4.78, 5) is 5.11. The lowest BCUT2D eigenvalue weighted by atomic mass is 9.85. The van der Waals surface area contributed by atoms with Gasteiger partial charge in [-0.2, -0.15) is 0 Å². The number of hydrogen-bond acceptors (Lipinski definition) is 1. The molecule has 0 aliphatic rings. The highest BCUT2D eigenvalue weighted by atomic mass is 14.7. The van der Waals surface area contributed by atoms with Crippen LogP contribution in [0.25, 0.3) is 67.0 Å². The van der Waals surface area contributed by atoms with Crippen LogP contribution in [0.3, 0.4) is 0 Å². The minimum atomic E-state index is 0.962. The highest BCUT2D eigenvalue weighted by molar-refractivity contribution is 5.98. The summed E-state index contributed by atoms with van der Waals surface area (Å²) >= 11 is 0. The SMILES string of the molecule is c1ccc(-c2cccc(-c3ccccc3-c3ccccc3-c3ccccc3-c3ccccc3-c3ccccc3)n2)cc1. The molecule has 0 spiro atoms. The van der Waals surface area contributed by atoms with E-state index in [1.807, 2.05) is 6.07 Å². The van der Waals surface area contributed by atoms with Crippen LogP contribution < -0.4 is 0 Å². The van der Waals surface area contributed by atoms with E-state index in [4.69, 9.17) is 4.98 Å². The van der Waals surface area contributed by atoms with E-state index in [0.717, 1.165) is 28.1 Å². The molecule has 7 aromatic rings. The van der Waals surface area contributed by atoms with Crippen LogP contribution in [-0.4, -0.2) is 4.98 Å². The van der Waals surface area contributed by atoms with Gasteiger partial charge >= 0.3 is 0 Å². The Morgan fingerprint density at radius 3 is 1.05 bits per heavy atom. The normalized spacial score (nSPS) is 10.9. The molecule has 198 valence electrons. The first-order valence-corrected chi connectivity index (χ1v) is 14.3. The Balaban J connectivity index is 1.39. The number of hydrogen-bond donors (Lipinski definition) is 0. The second kappa shape index (κ2) is 11.5. The molecule has 1 heterocycles. The fourth-order valence-corrected chi connectivity index (χ4v) is 5.79. The lowest BCUT2D eigenvalue weighted by molar-refractivity contribution is 1.32. The van der Waals surface area contributed by atoms with Crippen LogP contribution in [0.15, 0.2) is 176 Å². The minimum absolute atomic E-state index is 0.962. The summed E-state index contributed by atoms with van der Waals surface area (Å²) < 4.78 is 0. The smallest absolute Gasteiger partial charge is 0.0715 e. The first kappa shape index (κ1) is 25.4. The molecule has 1 aromatic heterocycles. The first-order chi connectivity index (χ1) is 20.9. The number of benzene rings is 6. The first-order valence-electron chi connectivity index (χ1n) is 14.3. The van der Waals surface area contributed by atoms with E-state index in [1.165, 1.54) is 38.9 Å². The third kappa shape index (κ3) is 4.93. The third-order valence-corrected chi connectivity index (χ3v) is 7.76. The van der Waals surface area contributed by atoms with E-state index < -0.39 is 0 Å². The average molecular weight is 536 g/mol. The van der Waals surface area contributed by atoms with E-state index in [-0.39, 0.29) is 0 Å². The molecule has 0 amide bonds. The largest absolute Gasteiger partial charge is 0.248 e. The van der Waals surface area contributed by atoms with E-state index >= 15 is 0 Å². The molecule has 0 bridgehead atoms. The van der Waals surface area contributed by atoms with Crippen LogP contribution in [-0.2, 0) is 0 Å². The Hall–Kier alpha value is -5.53.